The molecule has 5 nitrogen and oxygen atoms in total. The molecular weight excluding hydrogens is 452 g/mol. The van der Waals surface area contributed by atoms with E-state index in [4.69, 9.17) is 0 Å². The quantitative estimate of drug-likeness (QED) is 0.690. The highest BCUT2D eigenvalue weighted by Gasteiger charge is 2.33. The van der Waals surface area contributed by atoms with Gasteiger partial charge >= 0.3 is 0 Å². The highest BCUT2D eigenvalue weighted by Crippen LogP contribution is 2.29. The van der Waals surface area contributed by atoms with Gasteiger partial charge in [-0.1, -0.05) is 33.6 Å². The van der Waals surface area contributed by atoms with E-state index in [1.165, 1.54) is 4.31 Å². The molecule has 0 unspecified atom stereocenters. The van der Waals surface area contributed by atoms with E-state index in [1.807, 2.05) is 58.0 Å². The van der Waals surface area contributed by atoms with Crippen LogP contribution < -0.4 is 5.32 Å². The van der Waals surface area contributed by atoms with Crippen molar-refractivity contribution in [3.63, 3.8) is 0 Å². The maximum Gasteiger partial charge on any atom is 0.243 e. The molecule has 1 N–H and O–H groups in total. The zero-order valence-corrected chi connectivity index (χ0v) is 19.7. The second-order valence-corrected chi connectivity index (χ2v) is 10.6. The first-order valence-corrected chi connectivity index (χ1v) is 12.0. The fourth-order valence-electron chi connectivity index (χ4n) is 4.06. The van der Waals surface area contributed by atoms with Crippen LogP contribution in [-0.4, -0.2) is 31.7 Å². The van der Waals surface area contributed by atoms with Crippen molar-refractivity contribution in [2.75, 3.05) is 18.4 Å². The minimum atomic E-state index is -3.56. The van der Waals surface area contributed by atoms with Crippen LogP contribution in [0.4, 0.5) is 5.69 Å². The average molecular weight is 479 g/mol. The minimum Gasteiger partial charge on any atom is -0.326 e. The summed E-state index contributed by atoms with van der Waals surface area (Å²) in [5, 5.41) is 2.99. The molecule has 0 bridgehead atoms. The summed E-state index contributed by atoms with van der Waals surface area (Å²) >= 11 is 3.42. The van der Waals surface area contributed by atoms with E-state index in [-0.39, 0.29) is 11.8 Å². The number of hydrogen-bond acceptors (Lipinski definition) is 3. The van der Waals surface area contributed by atoms with E-state index in [2.05, 4.69) is 21.2 Å². The lowest BCUT2D eigenvalue weighted by atomic mass is 9.97. The maximum atomic E-state index is 13.2. The number of nitrogens with zero attached hydrogens (tertiary/aromatic N) is 1. The second kappa shape index (κ2) is 8.58. The molecule has 0 aliphatic carbocycles. The van der Waals surface area contributed by atoms with Gasteiger partial charge in [-0.15, -0.1) is 0 Å². The molecule has 0 saturated carbocycles. The lowest BCUT2D eigenvalue weighted by molar-refractivity contribution is -0.120. The van der Waals surface area contributed by atoms with Crippen molar-refractivity contribution in [1.82, 2.24) is 4.31 Å². The van der Waals surface area contributed by atoms with Gasteiger partial charge in [-0.25, -0.2) is 8.42 Å². The standard InChI is InChI=1S/C22H27BrN2O3S/c1-14-11-16(3)21(17(4)12-14)29(27,28)25-9-7-18(8-10-25)22(26)24-20-6-5-19(23)13-15(20)2/h5-6,11-13,18H,7-10H2,1-4H3,(H,24,26). The van der Waals surface area contributed by atoms with Gasteiger partial charge in [-0.05, 0) is 75.4 Å². The predicted molar refractivity (Wildman–Crippen MR) is 120 cm³/mol. The lowest BCUT2D eigenvalue weighted by Gasteiger charge is -2.31. The van der Waals surface area contributed by atoms with Crippen LogP contribution in [0.2, 0.25) is 0 Å². The molecule has 1 heterocycles. The van der Waals surface area contributed by atoms with Crippen molar-refractivity contribution in [1.29, 1.82) is 0 Å². The van der Waals surface area contributed by atoms with Crippen molar-refractivity contribution >= 4 is 37.5 Å². The SMILES string of the molecule is Cc1cc(C)c(S(=O)(=O)N2CCC(C(=O)Nc3ccc(Br)cc3C)CC2)c(C)c1. The fourth-order valence-corrected chi connectivity index (χ4v) is 6.42. The van der Waals surface area contributed by atoms with Gasteiger partial charge in [0.1, 0.15) is 0 Å². The number of aryl methyl sites for hydroxylation is 4. The van der Waals surface area contributed by atoms with Gasteiger partial charge in [0.15, 0.2) is 0 Å². The second-order valence-electron chi connectivity index (χ2n) is 7.85. The summed E-state index contributed by atoms with van der Waals surface area (Å²) in [7, 11) is -3.56. The van der Waals surface area contributed by atoms with Crippen molar-refractivity contribution in [3.8, 4) is 0 Å². The van der Waals surface area contributed by atoms with Gasteiger partial charge < -0.3 is 5.32 Å². The van der Waals surface area contributed by atoms with Crippen LogP contribution in [0.1, 0.15) is 35.1 Å². The van der Waals surface area contributed by atoms with E-state index in [1.54, 1.807) is 0 Å². The van der Waals surface area contributed by atoms with Crippen LogP contribution in [0.15, 0.2) is 39.7 Å². The van der Waals surface area contributed by atoms with E-state index in [0.717, 1.165) is 32.4 Å². The molecule has 1 amide bonds. The fraction of sp³-hybridized carbons (Fsp3) is 0.409. The van der Waals surface area contributed by atoms with Crippen LogP contribution in [0.5, 0.6) is 0 Å². The smallest absolute Gasteiger partial charge is 0.243 e. The topological polar surface area (TPSA) is 66.5 Å². The van der Waals surface area contributed by atoms with Crippen molar-refractivity contribution < 1.29 is 13.2 Å². The molecule has 7 heteroatoms. The summed E-state index contributed by atoms with van der Waals surface area (Å²) in [5.74, 6) is -0.236. The van der Waals surface area contributed by atoms with Gasteiger partial charge in [0, 0.05) is 29.2 Å². The van der Waals surface area contributed by atoms with Crippen LogP contribution in [-0.2, 0) is 14.8 Å². The molecule has 29 heavy (non-hydrogen) atoms. The summed E-state index contributed by atoms with van der Waals surface area (Å²) in [6, 6.07) is 9.53. The molecule has 0 spiro atoms. The number of anilines is 1. The van der Waals surface area contributed by atoms with Crippen molar-refractivity contribution in [3.05, 3.63) is 57.1 Å². The highest BCUT2D eigenvalue weighted by atomic mass is 79.9. The molecule has 1 saturated heterocycles. The predicted octanol–water partition coefficient (Wildman–Crippen LogP) is 4.72. The minimum absolute atomic E-state index is 0.0461. The third-order valence-electron chi connectivity index (χ3n) is 5.47. The van der Waals surface area contributed by atoms with Gasteiger partial charge in [0.05, 0.1) is 4.90 Å². The normalized spacial score (nSPS) is 16.0. The number of sulfonamides is 1. The Kier molecular flexibility index (Phi) is 6.51. The van der Waals surface area contributed by atoms with E-state index in [0.29, 0.717) is 30.8 Å². The van der Waals surface area contributed by atoms with E-state index >= 15 is 0 Å². The monoisotopic (exact) mass is 478 g/mol. The molecule has 1 aliphatic rings. The van der Waals surface area contributed by atoms with Crippen LogP contribution >= 0.6 is 15.9 Å². The van der Waals surface area contributed by atoms with E-state index < -0.39 is 10.0 Å². The van der Waals surface area contributed by atoms with Crippen molar-refractivity contribution in [2.45, 2.75) is 45.4 Å². The molecule has 1 aliphatic heterocycles. The van der Waals surface area contributed by atoms with Crippen molar-refractivity contribution in [2.24, 2.45) is 5.92 Å². The van der Waals surface area contributed by atoms with Crippen LogP contribution in [0.25, 0.3) is 0 Å². The molecule has 0 atom stereocenters. The molecule has 2 aromatic rings. The van der Waals surface area contributed by atoms with Crippen LogP contribution in [0.3, 0.4) is 0 Å². The summed E-state index contributed by atoms with van der Waals surface area (Å²) in [6.07, 6.45) is 1.04. The molecule has 0 radical (unpaired) electrons. The molecule has 1 fully saturated rings. The van der Waals surface area contributed by atoms with Gasteiger partial charge in [-0.3, -0.25) is 4.79 Å². The number of hydrogen-bond donors (Lipinski definition) is 1. The Hall–Kier alpha value is -1.70. The third-order valence-corrected chi connectivity index (χ3v) is 8.17. The number of nitrogens with one attached hydrogen (secondary N) is 1. The molecule has 3 rings (SSSR count). The first-order chi connectivity index (χ1) is 13.6. The first-order valence-electron chi connectivity index (χ1n) is 9.74. The Labute approximate surface area is 181 Å². The summed E-state index contributed by atoms with van der Waals surface area (Å²) in [6.45, 7) is 8.30. The Morgan fingerprint density at radius 2 is 1.59 bits per heavy atom. The highest BCUT2D eigenvalue weighted by molar-refractivity contribution is 9.10. The summed E-state index contributed by atoms with van der Waals surface area (Å²) < 4.78 is 28.9. The number of halogens is 1. The summed E-state index contributed by atoms with van der Waals surface area (Å²) in [4.78, 5) is 13.1. The Bertz CT molecular complexity index is 1020. The molecule has 2 aromatic carbocycles. The average Bonchev–Trinajstić information content (AvgIpc) is 2.63. The molecule has 0 aromatic heterocycles. The zero-order chi connectivity index (χ0) is 21.3. The van der Waals surface area contributed by atoms with Gasteiger partial charge in [0.2, 0.25) is 15.9 Å². The number of piperidine rings is 1. The third kappa shape index (κ3) is 4.73. The number of benzene rings is 2. The lowest BCUT2D eigenvalue weighted by Crippen LogP contribution is -2.41. The Morgan fingerprint density at radius 1 is 1.00 bits per heavy atom. The van der Waals surface area contributed by atoms with Crippen LogP contribution in [0, 0.1) is 33.6 Å². The van der Waals surface area contributed by atoms with Gasteiger partial charge in [0.25, 0.3) is 0 Å². The number of rotatable bonds is 4. The number of amides is 1. The maximum absolute atomic E-state index is 13.2. The summed E-state index contributed by atoms with van der Waals surface area (Å²) in [5.41, 5.74) is 4.37. The van der Waals surface area contributed by atoms with E-state index in [9.17, 15) is 13.2 Å². The largest absolute Gasteiger partial charge is 0.326 e. The Morgan fingerprint density at radius 3 is 2.14 bits per heavy atom. The number of carbonyl (C=O) groups is 1. The molecular formula is C22H27BrN2O3S. The zero-order valence-electron chi connectivity index (χ0n) is 17.3. The Balaban J connectivity index is 1.69. The van der Waals surface area contributed by atoms with Gasteiger partial charge in [-0.2, -0.15) is 4.31 Å². The number of carbonyl (C=O) groups excluding carboxylic acids is 1. The molecule has 156 valence electrons. The first kappa shape index (κ1) is 22.0.